The lowest BCUT2D eigenvalue weighted by molar-refractivity contribution is 0.153. The number of allylic oxidation sites excluding steroid dienone is 2. The average Bonchev–Trinajstić information content (AvgIpc) is 2.40. The maximum Gasteiger partial charge on any atom is 0.0317 e. The van der Waals surface area contributed by atoms with Gasteiger partial charge in [-0.2, -0.15) is 0 Å². The van der Waals surface area contributed by atoms with Crippen molar-refractivity contribution in [3.8, 4) is 0 Å². The van der Waals surface area contributed by atoms with Crippen LogP contribution < -0.4 is 0 Å². The van der Waals surface area contributed by atoms with Crippen LogP contribution in [0.1, 0.15) is 65.2 Å². The Kier molecular flexibility index (Phi) is 6.03. The van der Waals surface area contributed by atoms with E-state index in [4.69, 9.17) is 0 Å². The maximum atomic E-state index is 2.64. The van der Waals surface area contributed by atoms with Gasteiger partial charge in [-0.3, -0.25) is 0 Å². The highest BCUT2D eigenvalue weighted by molar-refractivity contribution is 14.1. The molecule has 104 valence electrons. The fraction of sp³-hybridized carbons (Fsp3) is 0.882. The molecule has 1 atom stereocenters. The van der Waals surface area contributed by atoms with E-state index in [-0.39, 0.29) is 0 Å². The summed E-state index contributed by atoms with van der Waals surface area (Å²) in [6.07, 6.45) is 16.7. The highest BCUT2D eigenvalue weighted by Gasteiger charge is 2.31. The van der Waals surface area contributed by atoms with Crippen molar-refractivity contribution in [1.82, 2.24) is 0 Å². The molecule has 0 heterocycles. The first-order valence-corrected chi connectivity index (χ1v) is 9.22. The van der Waals surface area contributed by atoms with Crippen LogP contribution in [-0.2, 0) is 0 Å². The summed E-state index contributed by atoms with van der Waals surface area (Å²) in [7, 11) is 0. The van der Waals surface area contributed by atoms with Crippen LogP contribution in [0.5, 0.6) is 0 Å². The summed E-state index contributed by atoms with van der Waals surface area (Å²) in [5, 5.41) is 0. The monoisotopic (exact) mass is 360 g/mol. The van der Waals surface area contributed by atoms with Crippen LogP contribution in [0.3, 0.4) is 0 Å². The van der Waals surface area contributed by atoms with Gasteiger partial charge in [-0.25, -0.2) is 0 Å². The Hall–Kier alpha value is 0.470. The highest BCUT2D eigenvalue weighted by atomic mass is 127. The van der Waals surface area contributed by atoms with Crippen molar-refractivity contribution < 1.29 is 0 Å². The predicted octanol–water partition coefficient (Wildman–Crippen LogP) is 6.00. The molecule has 0 aromatic heterocycles. The van der Waals surface area contributed by atoms with Gasteiger partial charge in [0.25, 0.3) is 0 Å². The third-order valence-corrected chi connectivity index (χ3v) is 6.80. The number of hydrogen-bond acceptors (Lipinski definition) is 0. The third kappa shape index (κ3) is 3.98. The second-order valence-electron chi connectivity index (χ2n) is 6.67. The molecule has 0 saturated heterocycles. The zero-order valence-electron chi connectivity index (χ0n) is 12.1. The molecule has 1 unspecified atom stereocenters. The Bertz CT molecular complexity index is 255. The van der Waals surface area contributed by atoms with Crippen molar-refractivity contribution in [2.24, 2.45) is 23.7 Å². The Morgan fingerprint density at radius 2 is 1.39 bits per heavy atom. The van der Waals surface area contributed by atoms with Crippen molar-refractivity contribution in [2.45, 2.75) is 69.1 Å². The van der Waals surface area contributed by atoms with Crippen LogP contribution in [0.25, 0.3) is 0 Å². The minimum atomic E-state index is 0.778. The molecule has 0 N–H and O–H groups in total. The SMILES string of the molecule is CC=CC(I)C1CCC(C2CCC(C)CC2)CC1. The molecule has 2 saturated carbocycles. The molecular weight excluding hydrogens is 331 g/mol. The summed E-state index contributed by atoms with van der Waals surface area (Å²) < 4.78 is 0.778. The summed E-state index contributed by atoms with van der Waals surface area (Å²) in [6, 6.07) is 0. The van der Waals surface area contributed by atoms with Crippen LogP contribution in [0.4, 0.5) is 0 Å². The summed E-state index contributed by atoms with van der Waals surface area (Å²) in [5.74, 6) is 4.12. The summed E-state index contributed by atoms with van der Waals surface area (Å²) in [6.45, 7) is 4.59. The standard InChI is InChI=1S/C17H29I/c1-3-4-17(18)16-11-9-15(10-12-16)14-7-5-13(2)6-8-14/h3-4,13-17H,5-12H2,1-2H3. The van der Waals surface area contributed by atoms with Gasteiger partial charge in [-0.1, -0.05) is 54.5 Å². The molecule has 0 bridgehead atoms. The van der Waals surface area contributed by atoms with E-state index in [0.29, 0.717) is 0 Å². The van der Waals surface area contributed by atoms with Crippen LogP contribution in [0.2, 0.25) is 0 Å². The summed E-state index contributed by atoms with van der Waals surface area (Å²) in [5.41, 5.74) is 0. The van der Waals surface area contributed by atoms with E-state index in [1.54, 1.807) is 0 Å². The smallest absolute Gasteiger partial charge is 0.0317 e. The quantitative estimate of drug-likeness (QED) is 0.329. The first-order valence-electron chi connectivity index (χ1n) is 7.97. The van der Waals surface area contributed by atoms with Gasteiger partial charge in [0.15, 0.2) is 0 Å². The van der Waals surface area contributed by atoms with Gasteiger partial charge in [0.2, 0.25) is 0 Å². The lowest BCUT2D eigenvalue weighted by Crippen LogP contribution is -2.27. The van der Waals surface area contributed by atoms with Crippen LogP contribution in [0.15, 0.2) is 12.2 Å². The number of alkyl halides is 1. The Morgan fingerprint density at radius 3 is 1.89 bits per heavy atom. The Morgan fingerprint density at radius 1 is 0.889 bits per heavy atom. The van der Waals surface area contributed by atoms with Crippen molar-refractivity contribution >= 4 is 22.6 Å². The van der Waals surface area contributed by atoms with Crippen molar-refractivity contribution in [3.63, 3.8) is 0 Å². The van der Waals surface area contributed by atoms with Crippen molar-refractivity contribution in [2.75, 3.05) is 0 Å². The molecular formula is C17H29I. The molecule has 2 rings (SSSR count). The molecule has 1 heteroatoms. The number of halogens is 1. The van der Waals surface area contributed by atoms with Gasteiger partial charge in [-0.15, -0.1) is 0 Å². The summed E-state index contributed by atoms with van der Waals surface area (Å²) >= 11 is 2.64. The van der Waals surface area contributed by atoms with Gasteiger partial charge in [0, 0.05) is 3.92 Å². The van der Waals surface area contributed by atoms with E-state index in [0.717, 1.165) is 27.6 Å². The van der Waals surface area contributed by atoms with E-state index in [1.807, 2.05) is 0 Å². The fourth-order valence-corrected chi connectivity index (χ4v) is 5.17. The molecule has 0 spiro atoms. The first kappa shape index (κ1) is 14.9. The molecule has 0 amide bonds. The topological polar surface area (TPSA) is 0 Å². The average molecular weight is 360 g/mol. The van der Waals surface area contributed by atoms with Gasteiger partial charge in [0.05, 0.1) is 0 Å². The molecule has 0 radical (unpaired) electrons. The Labute approximate surface area is 127 Å². The predicted molar refractivity (Wildman–Crippen MR) is 89.2 cm³/mol. The molecule has 0 aliphatic heterocycles. The fourth-order valence-electron chi connectivity index (χ4n) is 4.03. The zero-order valence-corrected chi connectivity index (χ0v) is 14.2. The zero-order chi connectivity index (χ0) is 13.0. The molecule has 18 heavy (non-hydrogen) atoms. The number of hydrogen-bond donors (Lipinski definition) is 0. The molecule has 0 aromatic carbocycles. The van der Waals surface area contributed by atoms with Crippen LogP contribution in [0, 0.1) is 23.7 Å². The molecule has 2 aliphatic rings. The van der Waals surface area contributed by atoms with Crippen LogP contribution >= 0.6 is 22.6 Å². The van der Waals surface area contributed by atoms with E-state index in [1.165, 1.54) is 51.4 Å². The lowest BCUT2D eigenvalue weighted by atomic mass is 9.69. The van der Waals surface area contributed by atoms with Crippen molar-refractivity contribution in [1.29, 1.82) is 0 Å². The van der Waals surface area contributed by atoms with E-state index in [2.05, 4.69) is 48.6 Å². The summed E-state index contributed by atoms with van der Waals surface area (Å²) in [4.78, 5) is 0. The lowest BCUT2D eigenvalue weighted by Gasteiger charge is -2.38. The number of rotatable bonds is 3. The van der Waals surface area contributed by atoms with E-state index >= 15 is 0 Å². The molecule has 2 aliphatic carbocycles. The van der Waals surface area contributed by atoms with Crippen molar-refractivity contribution in [3.05, 3.63) is 12.2 Å². The minimum absolute atomic E-state index is 0.778. The van der Waals surface area contributed by atoms with Gasteiger partial charge in [-0.05, 0) is 69.1 Å². The second-order valence-corrected chi connectivity index (χ2v) is 8.10. The van der Waals surface area contributed by atoms with Gasteiger partial charge in [0.1, 0.15) is 0 Å². The van der Waals surface area contributed by atoms with Gasteiger partial charge >= 0.3 is 0 Å². The van der Waals surface area contributed by atoms with Crippen LogP contribution in [-0.4, -0.2) is 3.92 Å². The molecule has 0 nitrogen and oxygen atoms in total. The van der Waals surface area contributed by atoms with E-state index in [9.17, 15) is 0 Å². The second kappa shape index (κ2) is 7.31. The molecule has 2 fully saturated rings. The largest absolute Gasteiger partial charge is 0.0906 e. The minimum Gasteiger partial charge on any atom is -0.0906 e. The third-order valence-electron chi connectivity index (χ3n) is 5.37. The normalized spacial score (nSPS) is 39.9. The molecule has 0 aromatic rings. The highest BCUT2D eigenvalue weighted by Crippen LogP contribution is 2.42. The van der Waals surface area contributed by atoms with Gasteiger partial charge < -0.3 is 0 Å². The Balaban J connectivity index is 1.76. The van der Waals surface area contributed by atoms with E-state index < -0.39 is 0 Å². The first-order chi connectivity index (χ1) is 8.70. The maximum absolute atomic E-state index is 2.64.